The third-order valence-corrected chi connectivity index (χ3v) is 4.36. The van der Waals surface area contributed by atoms with Gasteiger partial charge in [0, 0.05) is 46.8 Å². The van der Waals surface area contributed by atoms with Crippen LogP contribution in [0.4, 0.5) is 0 Å². The van der Waals surface area contributed by atoms with Crippen LogP contribution in [0.3, 0.4) is 0 Å². The van der Waals surface area contributed by atoms with Crippen LogP contribution in [0, 0.1) is 0 Å². The Balaban J connectivity index is 1.45. The number of amides is 2. The summed E-state index contributed by atoms with van der Waals surface area (Å²) in [6, 6.07) is 18.4. The van der Waals surface area contributed by atoms with E-state index in [1.807, 2.05) is 53.4 Å². The summed E-state index contributed by atoms with van der Waals surface area (Å²) in [5.41, 5.74) is 2.16. The molecule has 0 saturated heterocycles. The van der Waals surface area contributed by atoms with Crippen LogP contribution in [0.1, 0.15) is 20.7 Å². The van der Waals surface area contributed by atoms with Gasteiger partial charge in [0.1, 0.15) is 0 Å². The third kappa shape index (κ3) is 4.61. The van der Waals surface area contributed by atoms with Crippen molar-refractivity contribution < 1.29 is 9.59 Å². The molecule has 6 heteroatoms. The minimum atomic E-state index is -0.165. The molecule has 2 aromatic carbocycles. The molecule has 0 bridgehead atoms. The van der Waals surface area contributed by atoms with E-state index in [9.17, 15) is 9.59 Å². The first kappa shape index (κ1) is 17.9. The highest BCUT2D eigenvalue weighted by Gasteiger charge is 2.07. The molecule has 0 saturated carbocycles. The fourth-order valence-corrected chi connectivity index (χ4v) is 2.71. The first-order chi connectivity index (χ1) is 12.6. The van der Waals surface area contributed by atoms with Crippen molar-refractivity contribution in [1.82, 2.24) is 15.2 Å². The molecule has 0 aliphatic rings. The quantitative estimate of drug-likeness (QED) is 0.610. The van der Waals surface area contributed by atoms with Gasteiger partial charge in [-0.05, 0) is 60.7 Å². The molecule has 3 rings (SSSR count). The lowest BCUT2D eigenvalue weighted by Gasteiger charge is -2.08. The van der Waals surface area contributed by atoms with Gasteiger partial charge in [-0.1, -0.05) is 15.9 Å². The van der Waals surface area contributed by atoms with Crippen LogP contribution in [0.25, 0.3) is 5.69 Å². The van der Waals surface area contributed by atoms with Crippen LogP contribution < -0.4 is 10.6 Å². The maximum Gasteiger partial charge on any atom is 0.251 e. The summed E-state index contributed by atoms with van der Waals surface area (Å²) in [7, 11) is 0. The topological polar surface area (TPSA) is 63.1 Å². The van der Waals surface area contributed by atoms with Gasteiger partial charge < -0.3 is 15.2 Å². The maximum absolute atomic E-state index is 12.2. The van der Waals surface area contributed by atoms with Gasteiger partial charge in [0.05, 0.1) is 0 Å². The van der Waals surface area contributed by atoms with Gasteiger partial charge in [-0.3, -0.25) is 9.59 Å². The standard InChI is InChI=1S/C20H18BrN3O2/c21-17-7-3-15(4-8-17)19(25)22-11-12-23-20(26)16-5-9-18(10-6-16)24-13-1-2-14-24/h1-10,13-14H,11-12H2,(H,22,25)(H,23,26). The van der Waals surface area contributed by atoms with Gasteiger partial charge in [0.15, 0.2) is 0 Å². The minimum absolute atomic E-state index is 0.164. The fraction of sp³-hybridized carbons (Fsp3) is 0.100. The molecule has 0 atom stereocenters. The molecule has 5 nitrogen and oxygen atoms in total. The number of hydrogen-bond donors (Lipinski definition) is 2. The van der Waals surface area contributed by atoms with Gasteiger partial charge in [0.2, 0.25) is 0 Å². The Bertz CT molecular complexity index is 872. The van der Waals surface area contributed by atoms with E-state index < -0.39 is 0 Å². The maximum atomic E-state index is 12.2. The number of hydrogen-bond acceptors (Lipinski definition) is 2. The Hall–Kier alpha value is -2.86. The molecule has 0 aliphatic carbocycles. The van der Waals surface area contributed by atoms with Crippen LogP contribution in [-0.4, -0.2) is 29.5 Å². The number of nitrogens with one attached hydrogen (secondary N) is 2. The summed E-state index contributed by atoms with van der Waals surface area (Å²) in [5.74, 6) is -0.329. The van der Waals surface area contributed by atoms with E-state index in [4.69, 9.17) is 0 Å². The summed E-state index contributed by atoms with van der Waals surface area (Å²) < 4.78 is 2.89. The zero-order valence-electron chi connectivity index (χ0n) is 14.0. The molecule has 0 fully saturated rings. The van der Waals surface area contributed by atoms with Crippen molar-refractivity contribution in [2.24, 2.45) is 0 Å². The lowest BCUT2D eigenvalue weighted by molar-refractivity contribution is 0.0927. The van der Waals surface area contributed by atoms with E-state index in [2.05, 4.69) is 26.6 Å². The zero-order chi connectivity index (χ0) is 18.4. The van der Waals surface area contributed by atoms with Gasteiger partial charge in [0.25, 0.3) is 11.8 Å². The predicted molar refractivity (Wildman–Crippen MR) is 105 cm³/mol. The molecule has 0 unspecified atom stereocenters. The second-order valence-electron chi connectivity index (χ2n) is 5.66. The summed E-state index contributed by atoms with van der Waals surface area (Å²) in [5, 5.41) is 5.58. The number of halogens is 1. The highest BCUT2D eigenvalue weighted by molar-refractivity contribution is 9.10. The van der Waals surface area contributed by atoms with Gasteiger partial charge in [-0.15, -0.1) is 0 Å². The van der Waals surface area contributed by atoms with E-state index in [-0.39, 0.29) is 11.8 Å². The van der Waals surface area contributed by atoms with Crippen molar-refractivity contribution in [2.75, 3.05) is 13.1 Å². The van der Waals surface area contributed by atoms with Crippen LogP contribution in [-0.2, 0) is 0 Å². The molecule has 0 radical (unpaired) electrons. The SMILES string of the molecule is O=C(NCCNC(=O)c1ccc(-n2cccc2)cc1)c1ccc(Br)cc1. The summed E-state index contributed by atoms with van der Waals surface area (Å²) in [4.78, 5) is 24.1. The van der Waals surface area contributed by atoms with Crippen molar-refractivity contribution >= 4 is 27.7 Å². The van der Waals surface area contributed by atoms with E-state index in [1.165, 1.54) is 0 Å². The normalized spacial score (nSPS) is 10.3. The van der Waals surface area contributed by atoms with Crippen LogP contribution in [0.2, 0.25) is 0 Å². The lowest BCUT2D eigenvalue weighted by Crippen LogP contribution is -2.34. The molecule has 2 amide bonds. The molecule has 26 heavy (non-hydrogen) atoms. The Morgan fingerprint density at radius 3 is 1.73 bits per heavy atom. The second kappa shape index (κ2) is 8.49. The smallest absolute Gasteiger partial charge is 0.251 e. The molecule has 1 heterocycles. The lowest BCUT2D eigenvalue weighted by atomic mass is 10.2. The first-order valence-electron chi connectivity index (χ1n) is 8.19. The number of carbonyl (C=O) groups excluding carboxylic acids is 2. The third-order valence-electron chi connectivity index (χ3n) is 3.83. The van der Waals surface area contributed by atoms with Crippen LogP contribution >= 0.6 is 15.9 Å². The highest BCUT2D eigenvalue weighted by Crippen LogP contribution is 2.11. The molecular formula is C20H18BrN3O2. The molecule has 0 aliphatic heterocycles. The summed E-state index contributed by atoms with van der Waals surface area (Å²) in [6.07, 6.45) is 3.90. The zero-order valence-corrected chi connectivity index (χ0v) is 15.6. The monoisotopic (exact) mass is 411 g/mol. The first-order valence-corrected chi connectivity index (χ1v) is 8.98. The van der Waals surface area contributed by atoms with Crippen LogP contribution in [0.5, 0.6) is 0 Å². The fourth-order valence-electron chi connectivity index (χ4n) is 2.45. The van der Waals surface area contributed by atoms with Crippen molar-refractivity contribution in [3.05, 3.63) is 88.7 Å². The average Bonchev–Trinajstić information content (AvgIpc) is 3.20. The number of carbonyl (C=O) groups is 2. The Labute approximate surface area is 160 Å². The number of nitrogens with zero attached hydrogens (tertiary/aromatic N) is 1. The number of rotatable bonds is 6. The van der Waals surface area contributed by atoms with E-state index >= 15 is 0 Å². The predicted octanol–water partition coefficient (Wildman–Crippen LogP) is 3.40. The van der Waals surface area contributed by atoms with Crippen molar-refractivity contribution in [1.29, 1.82) is 0 Å². The van der Waals surface area contributed by atoms with Gasteiger partial charge in [-0.25, -0.2) is 0 Å². The van der Waals surface area contributed by atoms with E-state index in [0.29, 0.717) is 24.2 Å². The minimum Gasteiger partial charge on any atom is -0.350 e. The van der Waals surface area contributed by atoms with Crippen LogP contribution in [0.15, 0.2) is 77.5 Å². The largest absolute Gasteiger partial charge is 0.350 e. The Kier molecular flexibility index (Phi) is 5.86. The highest BCUT2D eigenvalue weighted by atomic mass is 79.9. The summed E-state index contributed by atoms with van der Waals surface area (Å²) >= 11 is 3.33. The molecule has 1 aromatic heterocycles. The second-order valence-corrected chi connectivity index (χ2v) is 6.57. The Morgan fingerprint density at radius 1 is 0.769 bits per heavy atom. The molecule has 3 aromatic rings. The number of aromatic nitrogens is 1. The van der Waals surface area contributed by atoms with Gasteiger partial charge >= 0.3 is 0 Å². The summed E-state index contributed by atoms with van der Waals surface area (Å²) in [6.45, 7) is 0.725. The van der Waals surface area contributed by atoms with Crippen molar-refractivity contribution in [3.63, 3.8) is 0 Å². The average molecular weight is 412 g/mol. The van der Waals surface area contributed by atoms with Crippen molar-refractivity contribution in [2.45, 2.75) is 0 Å². The molecule has 0 spiro atoms. The van der Waals surface area contributed by atoms with E-state index in [0.717, 1.165) is 10.2 Å². The molecule has 2 N–H and O–H groups in total. The van der Waals surface area contributed by atoms with Crippen molar-refractivity contribution in [3.8, 4) is 5.69 Å². The van der Waals surface area contributed by atoms with E-state index in [1.54, 1.807) is 24.3 Å². The van der Waals surface area contributed by atoms with Gasteiger partial charge in [-0.2, -0.15) is 0 Å². The Morgan fingerprint density at radius 2 is 1.23 bits per heavy atom. The molecule has 132 valence electrons. The number of benzene rings is 2. The molecular weight excluding hydrogens is 394 g/mol.